The monoisotopic (exact) mass is 1310 g/mol. The number of benzene rings is 9. The molecule has 1 aliphatic carbocycles. The van der Waals surface area contributed by atoms with Gasteiger partial charge in [-0.2, -0.15) is 18.2 Å². The molecule has 0 bridgehead atoms. The van der Waals surface area contributed by atoms with Crippen molar-refractivity contribution < 1.29 is 75.6 Å². The zero-order valence-corrected chi connectivity index (χ0v) is 48.3. The van der Waals surface area contributed by atoms with E-state index in [4.69, 9.17) is 34.4 Å². The van der Waals surface area contributed by atoms with Crippen LogP contribution in [0.4, 0.5) is 0 Å². The first-order valence-corrected chi connectivity index (χ1v) is 26.6. The van der Waals surface area contributed by atoms with E-state index in [1.807, 2.05) is 47.0 Å². The Morgan fingerprint density at radius 1 is 0.607 bits per heavy atom. The van der Waals surface area contributed by atoms with E-state index in [2.05, 4.69) is 39.2 Å². The second kappa shape index (κ2) is 20.0. The maximum absolute atomic E-state index is 10.5. The maximum atomic E-state index is 10.5. The van der Waals surface area contributed by atoms with Gasteiger partial charge in [0, 0.05) is 74.4 Å². The van der Waals surface area contributed by atoms with Gasteiger partial charge in [-0.15, -0.1) is 29.7 Å². The number of fused-ring (bicyclic) bond motifs is 11. The molecule has 0 radical (unpaired) electrons. The Morgan fingerprint density at radius 3 is 1.98 bits per heavy atom. The molecule has 0 spiro atoms. The first-order chi connectivity index (χ1) is 53.3. The summed E-state index contributed by atoms with van der Waals surface area (Å²) in [4.78, 5) is 4.80. The molecule has 0 fully saturated rings. The standard InChI is InChI=1S/C78H70N4O.Pt/c1-48-21-19-22-49(2)72(48)52-40-63-59-27-15-13-25-57(59)58-26-14-16-28-60(58)64-39-51(50-31-34-65-66(41-50)78(11,12)37-36-77(65,9)10)43-70-74(64)81(73(63)67(42-52)76(6,7)8)47-80(70)54-23-20-24-55(45-54)83-56-32-33-62-61-29-17-18-30-68(61)82(69(62)46-56)71-44-53(35-38-79-71)75(3,4)5;/h13-35,38-44H,36-37H2,1-12H3;/q-2;/i1D3,2D3,9D3,10D3,11D3,12D3,13D,14D,15D,16D,25D,26D,27D,28D,31D,34D,36D2,37D2,41D;. The Hall–Kier alpha value is -8.11. The van der Waals surface area contributed by atoms with E-state index >= 15 is 0 Å². The smallest absolute Gasteiger partial charge is 0.268 e. The van der Waals surface area contributed by atoms with Crippen LogP contribution in [-0.2, 0) is 42.7 Å². The SMILES string of the molecule is [2H]c1c([2H])c([2H])c2c(c1[2H])-c1cc(-c3c(C([2H])([2H])[2H])cccc3C([2H])([2H])[2H])cc(C(C)(C)C)c1-[n+]1[c-]n(-c3[c-]c(Oc4[c-]c5c(cc4)c4ccccc4n5-c4cc(C(C)(C)C)ccn4)ccc3)c3cc(-c4c([2H])c([2H])c5c(c4[2H])C(C([2H])([2H])[2H])(C([2H])([2H])[2H])C([2H])([2H])C([2H])([2H])C5(C([2H])([2H])[2H])C([2H])([2H])[2H])cc(c31)-c1c([2H])c([2H])c([2H])c([2H])c1-2.[Pt]. The Kier molecular flexibility index (Phi) is 6.94. The van der Waals surface area contributed by atoms with Gasteiger partial charge in [0.15, 0.2) is 0 Å². The van der Waals surface area contributed by atoms with Crippen molar-refractivity contribution in [3.8, 4) is 84.3 Å². The van der Waals surface area contributed by atoms with Gasteiger partial charge in [-0.1, -0.05) is 189 Å². The number of hydrogen-bond donors (Lipinski definition) is 0. The number of para-hydroxylation sites is 1. The van der Waals surface area contributed by atoms with E-state index in [9.17, 15) is 20.6 Å². The van der Waals surface area contributed by atoms with Gasteiger partial charge >= 0.3 is 0 Å². The predicted octanol–water partition coefficient (Wildman–Crippen LogP) is 19.8. The summed E-state index contributed by atoms with van der Waals surface area (Å²) in [6.07, 6.45) is -4.41. The van der Waals surface area contributed by atoms with Crippen molar-refractivity contribution in [2.45, 2.75) is 117 Å². The molecule has 0 atom stereocenters. The first-order valence-electron chi connectivity index (χ1n) is 43.1. The zero-order chi connectivity index (χ0) is 85.6. The molecule has 2 aliphatic rings. The average Bonchev–Trinajstić information content (AvgIpc) is 0.869. The topological polar surface area (TPSA) is 35.9 Å². The van der Waals surface area contributed by atoms with Gasteiger partial charge in [0.25, 0.3) is 6.33 Å². The molecule has 5 nitrogen and oxygen atoms in total. The molecule has 12 aromatic rings. The van der Waals surface area contributed by atoms with E-state index in [0.29, 0.717) is 11.3 Å². The molecule has 4 heterocycles. The zero-order valence-electron chi connectivity index (χ0n) is 79.0. The quantitative estimate of drug-likeness (QED) is 0.123. The summed E-state index contributed by atoms with van der Waals surface area (Å²) in [5, 5.41) is 1.61. The third kappa shape index (κ3) is 9.08. The number of hydrogen-bond acceptors (Lipinski definition) is 2. The molecule has 1 aliphatic heterocycles. The van der Waals surface area contributed by atoms with Gasteiger partial charge in [-0.25, -0.2) is 4.98 Å². The van der Waals surface area contributed by atoms with Crippen LogP contribution in [0.1, 0.15) is 160 Å². The summed E-state index contributed by atoms with van der Waals surface area (Å²) >= 11 is 0. The summed E-state index contributed by atoms with van der Waals surface area (Å²) in [5.74, 6) is 0.621. The van der Waals surface area contributed by atoms with Gasteiger partial charge in [-0.3, -0.25) is 4.57 Å². The summed E-state index contributed by atoms with van der Waals surface area (Å²) in [6, 6.07) is 22.2. The third-order valence-electron chi connectivity index (χ3n) is 15.3. The Balaban J connectivity index is 0.0000119. The number of aromatic nitrogens is 4. The fourth-order valence-electron chi connectivity index (χ4n) is 11.3. The van der Waals surface area contributed by atoms with Crippen LogP contribution in [0.25, 0.3) is 106 Å². The molecule has 0 unspecified atom stereocenters. The van der Waals surface area contributed by atoms with E-state index in [-0.39, 0.29) is 82.6 Å². The van der Waals surface area contributed by atoms with Crippen LogP contribution in [0, 0.1) is 32.2 Å². The molecular formula is C78H70N4OPt-2. The number of aryl methyl sites for hydroxylation is 2. The van der Waals surface area contributed by atoms with Crippen LogP contribution in [-0.4, -0.2) is 14.1 Å². The van der Waals surface area contributed by atoms with Crippen molar-refractivity contribution in [1.29, 1.82) is 0 Å². The fraction of sp³-hybridized carbons (Fsp3) is 0.231. The molecule has 3 aromatic heterocycles. The minimum atomic E-state index is -4.76. The van der Waals surface area contributed by atoms with E-state index in [1.54, 1.807) is 33.0 Å². The number of ether oxygens (including phenoxy) is 1. The largest absolute Gasteiger partial charge is 0.510 e. The van der Waals surface area contributed by atoms with Crippen LogP contribution in [0.15, 0.2) is 182 Å². The van der Waals surface area contributed by atoms with E-state index < -0.39 is 198 Å². The Labute approximate surface area is 556 Å². The predicted molar refractivity (Wildman–Crippen MR) is 343 cm³/mol. The van der Waals surface area contributed by atoms with Gasteiger partial charge < -0.3 is 13.9 Å². The number of nitrogens with zero attached hydrogens (tertiary/aromatic N) is 4. The van der Waals surface area contributed by atoms with Crippen molar-refractivity contribution in [3.05, 3.63) is 234 Å². The van der Waals surface area contributed by atoms with Crippen molar-refractivity contribution in [2.24, 2.45) is 0 Å². The van der Waals surface area contributed by atoms with Gasteiger partial charge in [-0.05, 0) is 179 Å². The molecule has 0 N–H and O–H groups in total. The van der Waals surface area contributed by atoms with Crippen LogP contribution in [0.3, 0.4) is 0 Å². The molecule has 420 valence electrons. The molecule has 0 saturated carbocycles. The van der Waals surface area contributed by atoms with Gasteiger partial charge in [0.2, 0.25) is 0 Å². The molecule has 0 saturated heterocycles. The van der Waals surface area contributed by atoms with Crippen LogP contribution >= 0.6 is 0 Å². The minimum absolute atomic E-state index is 0. The molecule has 6 heteroatoms. The third-order valence-corrected chi connectivity index (χ3v) is 15.3. The molecular weight excluding hydrogens is 1200 g/mol. The second-order valence-electron chi connectivity index (χ2n) is 22.9. The molecule has 9 aromatic carbocycles. The van der Waals surface area contributed by atoms with Crippen molar-refractivity contribution in [2.75, 3.05) is 0 Å². The fourth-order valence-corrected chi connectivity index (χ4v) is 11.3. The average molecular weight is 1310 g/mol. The number of imidazole rings is 1. The van der Waals surface area contributed by atoms with Gasteiger partial charge in [0.05, 0.1) is 31.8 Å². The number of pyridine rings is 1. The summed E-state index contributed by atoms with van der Waals surface area (Å²) in [5.41, 5.74) is -19.3. The normalized spacial score (nSPS) is 22.0. The number of rotatable bonds is 6. The molecule has 0 amide bonds. The first kappa shape index (κ1) is 29.1. The molecule has 14 rings (SSSR count). The summed E-state index contributed by atoms with van der Waals surface area (Å²) in [7, 11) is 0. The second-order valence-corrected chi connectivity index (χ2v) is 22.9. The maximum Gasteiger partial charge on any atom is 0.268 e. The van der Waals surface area contributed by atoms with E-state index in [1.165, 1.54) is 57.7 Å². The van der Waals surface area contributed by atoms with E-state index in [0.717, 1.165) is 34.0 Å². The van der Waals surface area contributed by atoms with Gasteiger partial charge in [0.1, 0.15) is 5.82 Å². The Morgan fingerprint density at radius 2 is 1.27 bits per heavy atom. The van der Waals surface area contributed by atoms with Crippen molar-refractivity contribution in [1.82, 2.24) is 14.1 Å². The van der Waals surface area contributed by atoms with Crippen molar-refractivity contribution in [3.63, 3.8) is 0 Å². The Bertz CT molecular complexity index is 6160. The summed E-state index contributed by atoms with van der Waals surface area (Å²) in [6.45, 7) is -12.7. The van der Waals surface area contributed by atoms with Crippen LogP contribution in [0.5, 0.6) is 11.5 Å². The summed E-state index contributed by atoms with van der Waals surface area (Å²) < 4.78 is 321. The molecule has 84 heavy (non-hydrogen) atoms. The van der Waals surface area contributed by atoms with Crippen LogP contribution < -0.4 is 9.30 Å². The van der Waals surface area contributed by atoms with Crippen molar-refractivity contribution >= 4 is 32.8 Å². The minimum Gasteiger partial charge on any atom is -0.510 e. The van der Waals surface area contributed by atoms with Crippen LogP contribution in [0.2, 0.25) is 0 Å².